The SMILES string of the molecule is O=C(Nc1ccc(F)cc1)[C@H]1CCCN(S(=O)(=O)c2cccc3nonc23)C1. The van der Waals surface area contributed by atoms with E-state index in [1.165, 1.54) is 34.6 Å². The number of carbonyl (C=O) groups excluding carboxylic acids is 1. The summed E-state index contributed by atoms with van der Waals surface area (Å²) in [5, 5.41) is 10.1. The van der Waals surface area contributed by atoms with Gasteiger partial charge in [-0.2, -0.15) is 4.31 Å². The van der Waals surface area contributed by atoms with Gasteiger partial charge in [-0.25, -0.2) is 17.4 Å². The van der Waals surface area contributed by atoms with Crippen molar-refractivity contribution in [2.24, 2.45) is 5.92 Å². The van der Waals surface area contributed by atoms with E-state index in [2.05, 4.69) is 20.3 Å². The van der Waals surface area contributed by atoms with Crippen LogP contribution in [0.2, 0.25) is 0 Å². The van der Waals surface area contributed by atoms with Gasteiger partial charge in [0.25, 0.3) is 0 Å². The van der Waals surface area contributed by atoms with Crippen molar-refractivity contribution in [2.75, 3.05) is 18.4 Å². The molecule has 1 amide bonds. The van der Waals surface area contributed by atoms with Crippen LogP contribution in [0.1, 0.15) is 12.8 Å². The number of rotatable bonds is 4. The summed E-state index contributed by atoms with van der Waals surface area (Å²) in [5.74, 6) is -1.21. The Balaban J connectivity index is 1.53. The molecule has 1 N–H and O–H groups in total. The number of nitrogens with one attached hydrogen (secondary N) is 1. The molecule has 0 unspecified atom stereocenters. The van der Waals surface area contributed by atoms with Gasteiger partial charge in [-0.3, -0.25) is 4.79 Å². The zero-order valence-corrected chi connectivity index (χ0v) is 15.5. The van der Waals surface area contributed by atoms with E-state index in [1.54, 1.807) is 12.1 Å². The lowest BCUT2D eigenvalue weighted by atomic mass is 9.99. The monoisotopic (exact) mass is 404 g/mol. The fourth-order valence-corrected chi connectivity index (χ4v) is 4.94. The van der Waals surface area contributed by atoms with Gasteiger partial charge in [0, 0.05) is 18.8 Å². The van der Waals surface area contributed by atoms with E-state index < -0.39 is 21.8 Å². The van der Waals surface area contributed by atoms with Crippen molar-refractivity contribution in [3.05, 3.63) is 48.3 Å². The summed E-state index contributed by atoms with van der Waals surface area (Å²) in [7, 11) is -3.86. The van der Waals surface area contributed by atoms with Crippen LogP contribution in [0.15, 0.2) is 52.0 Å². The first-order valence-electron chi connectivity index (χ1n) is 8.73. The number of benzene rings is 2. The lowest BCUT2D eigenvalue weighted by molar-refractivity contribution is -0.120. The molecule has 3 aromatic rings. The molecule has 0 aliphatic carbocycles. The van der Waals surface area contributed by atoms with Gasteiger partial charge in [0.15, 0.2) is 5.52 Å². The summed E-state index contributed by atoms with van der Waals surface area (Å²) in [6.07, 6.45) is 1.11. The van der Waals surface area contributed by atoms with Crippen molar-refractivity contribution in [1.82, 2.24) is 14.6 Å². The smallest absolute Gasteiger partial charge is 0.245 e. The van der Waals surface area contributed by atoms with Gasteiger partial charge in [0.2, 0.25) is 15.9 Å². The number of hydrogen-bond acceptors (Lipinski definition) is 6. The summed E-state index contributed by atoms with van der Waals surface area (Å²) in [6, 6.07) is 10.1. The van der Waals surface area contributed by atoms with Crippen LogP contribution in [0, 0.1) is 11.7 Å². The topological polar surface area (TPSA) is 105 Å². The molecule has 10 heteroatoms. The molecule has 1 fully saturated rings. The number of halogens is 1. The zero-order chi connectivity index (χ0) is 19.7. The van der Waals surface area contributed by atoms with Gasteiger partial charge in [0.05, 0.1) is 5.92 Å². The molecule has 28 heavy (non-hydrogen) atoms. The normalized spacial score (nSPS) is 18.2. The zero-order valence-electron chi connectivity index (χ0n) is 14.7. The second-order valence-corrected chi connectivity index (χ2v) is 8.49. The van der Waals surface area contributed by atoms with Gasteiger partial charge < -0.3 is 5.32 Å². The number of hydrogen-bond donors (Lipinski definition) is 1. The third-order valence-corrected chi connectivity index (χ3v) is 6.63. The number of sulfonamides is 1. The molecule has 0 bridgehead atoms. The van der Waals surface area contributed by atoms with Crippen molar-refractivity contribution >= 4 is 32.7 Å². The fourth-order valence-electron chi connectivity index (χ4n) is 3.28. The van der Waals surface area contributed by atoms with E-state index in [0.29, 0.717) is 30.6 Å². The number of nitrogens with zero attached hydrogens (tertiary/aromatic N) is 3. The van der Waals surface area contributed by atoms with Crippen molar-refractivity contribution in [1.29, 1.82) is 0 Å². The van der Waals surface area contributed by atoms with Gasteiger partial charge in [-0.05, 0) is 59.6 Å². The molecule has 2 aromatic carbocycles. The van der Waals surface area contributed by atoms with Crippen LogP contribution in [0.3, 0.4) is 0 Å². The second kappa shape index (κ2) is 7.28. The van der Waals surface area contributed by atoms with E-state index in [-0.39, 0.29) is 22.9 Å². The standard InChI is InChI=1S/C18H17FN4O4S/c19-13-6-8-14(9-7-13)20-18(24)12-3-2-10-23(11-12)28(25,26)16-5-1-4-15-17(16)22-27-21-15/h1,4-9,12H,2-3,10-11H2,(H,20,24)/t12-/m0/s1. The quantitative estimate of drug-likeness (QED) is 0.716. The summed E-state index contributed by atoms with van der Waals surface area (Å²) in [4.78, 5) is 12.6. The maximum absolute atomic E-state index is 13.1. The van der Waals surface area contributed by atoms with E-state index in [4.69, 9.17) is 0 Å². The molecule has 1 aromatic heterocycles. The van der Waals surface area contributed by atoms with Crippen LogP contribution in [0.5, 0.6) is 0 Å². The number of anilines is 1. The number of piperidine rings is 1. The highest BCUT2D eigenvalue weighted by molar-refractivity contribution is 7.89. The van der Waals surface area contributed by atoms with Crippen LogP contribution in [0.25, 0.3) is 11.0 Å². The molecule has 146 valence electrons. The van der Waals surface area contributed by atoms with E-state index in [0.717, 1.165) is 0 Å². The highest BCUT2D eigenvalue weighted by Gasteiger charge is 2.34. The Morgan fingerprint density at radius 3 is 2.75 bits per heavy atom. The summed E-state index contributed by atoms with van der Waals surface area (Å²) in [5.41, 5.74) is 0.980. The predicted molar refractivity (Wildman–Crippen MR) is 98.3 cm³/mol. The highest BCUT2D eigenvalue weighted by atomic mass is 32.2. The molecular formula is C18H17FN4O4S. The van der Waals surface area contributed by atoms with Gasteiger partial charge in [-0.15, -0.1) is 0 Å². The first kappa shape index (κ1) is 18.5. The van der Waals surface area contributed by atoms with Crippen molar-refractivity contribution < 1.29 is 22.2 Å². The Bertz CT molecular complexity index is 1110. The third-order valence-electron chi connectivity index (χ3n) is 4.73. The second-order valence-electron chi connectivity index (χ2n) is 6.59. The lowest BCUT2D eigenvalue weighted by Gasteiger charge is -2.31. The first-order chi connectivity index (χ1) is 13.4. The number of carbonyl (C=O) groups is 1. The average molecular weight is 404 g/mol. The van der Waals surface area contributed by atoms with E-state index in [9.17, 15) is 17.6 Å². The molecule has 4 rings (SSSR count). The molecule has 1 atom stereocenters. The molecule has 1 saturated heterocycles. The molecule has 0 radical (unpaired) electrons. The first-order valence-corrected chi connectivity index (χ1v) is 10.2. The van der Waals surface area contributed by atoms with Crippen LogP contribution in [-0.2, 0) is 14.8 Å². The highest BCUT2D eigenvalue weighted by Crippen LogP contribution is 2.28. The van der Waals surface area contributed by atoms with Crippen molar-refractivity contribution in [3.63, 3.8) is 0 Å². The Kier molecular flexibility index (Phi) is 4.82. The van der Waals surface area contributed by atoms with Crippen molar-refractivity contribution in [3.8, 4) is 0 Å². The third kappa shape index (κ3) is 3.48. The maximum atomic E-state index is 13.1. The molecule has 1 aliphatic heterocycles. The summed E-state index contributed by atoms with van der Waals surface area (Å²) >= 11 is 0. The summed E-state index contributed by atoms with van der Waals surface area (Å²) < 4.78 is 45.2. The minimum absolute atomic E-state index is 0.00541. The molecular weight excluding hydrogens is 387 g/mol. The van der Waals surface area contributed by atoms with Gasteiger partial charge in [-0.1, -0.05) is 6.07 Å². The number of fused-ring (bicyclic) bond motifs is 1. The molecule has 0 saturated carbocycles. The molecule has 8 nitrogen and oxygen atoms in total. The van der Waals surface area contributed by atoms with Crippen molar-refractivity contribution in [2.45, 2.75) is 17.7 Å². The minimum Gasteiger partial charge on any atom is -0.326 e. The summed E-state index contributed by atoms with van der Waals surface area (Å²) in [6.45, 7) is 0.362. The maximum Gasteiger partial charge on any atom is 0.245 e. The lowest BCUT2D eigenvalue weighted by Crippen LogP contribution is -2.43. The predicted octanol–water partition coefficient (Wildman–Crippen LogP) is 2.40. The molecule has 1 aliphatic rings. The Labute approximate surface area is 160 Å². The largest absolute Gasteiger partial charge is 0.326 e. The Morgan fingerprint density at radius 1 is 1.18 bits per heavy atom. The van der Waals surface area contributed by atoms with Crippen LogP contribution >= 0.6 is 0 Å². The van der Waals surface area contributed by atoms with Gasteiger partial charge >= 0.3 is 0 Å². The van der Waals surface area contributed by atoms with Crippen LogP contribution in [-0.4, -0.2) is 42.0 Å². The van der Waals surface area contributed by atoms with Crippen LogP contribution in [0.4, 0.5) is 10.1 Å². The number of amides is 1. The Morgan fingerprint density at radius 2 is 1.96 bits per heavy atom. The van der Waals surface area contributed by atoms with Crippen LogP contribution < -0.4 is 5.32 Å². The molecule has 0 spiro atoms. The van der Waals surface area contributed by atoms with E-state index in [1.807, 2.05) is 0 Å². The molecule has 2 heterocycles. The Hall–Kier alpha value is -2.85. The number of aromatic nitrogens is 2. The minimum atomic E-state index is -3.86. The van der Waals surface area contributed by atoms with E-state index >= 15 is 0 Å². The van der Waals surface area contributed by atoms with Gasteiger partial charge in [0.1, 0.15) is 16.2 Å². The fraction of sp³-hybridized carbons (Fsp3) is 0.278. The average Bonchev–Trinajstić information content (AvgIpc) is 3.18.